The summed E-state index contributed by atoms with van der Waals surface area (Å²) in [6, 6.07) is 3.54. The third kappa shape index (κ3) is 10.9. The zero-order chi connectivity index (χ0) is 30.9. The molecule has 1 aromatic rings. The number of ether oxygens (including phenoxy) is 5. The summed E-state index contributed by atoms with van der Waals surface area (Å²) in [5, 5.41) is 4.89. The van der Waals surface area contributed by atoms with Gasteiger partial charge in [-0.2, -0.15) is 0 Å². The van der Waals surface area contributed by atoms with Crippen LogP contribution in [0.25, 0.3) is 0 Å². The second kappa shape index (κ2) is 18.9. The summed E-state index contributed by atoms with van der Waals surface area (Å²) in [5.41, 5.74) is 0.401. The third-order valence-corrected chi connectivity index (χ3v) is 6.66. The summed E-state index contributed by atoms with van der Waals surface area (Å²) in [5.74, 6) is -2.69. The van der Waals surface area contributed by atoms with Crippen LogP contribution in [0.3, 0.4) is 0 Å². The molecule has 0 radical (unpaired) electrons. The summed E-state index contributed by atoms with van der Waals surface area (Å²) in [7, 11) is 0. The molecule has 13 heteroatoms. The lowest BCUT2D eigenvalue weighted by Gasteiger charge is -2.27. The maximum atomic E-state index is 13.1. The number of fused-ring (bicyclic) bond motifs is 1. The van der Waals surface area contributed by atoms with E-state index < -0.39 is 29.7 Å². The molecule has 43 heavy (non-hydrogen) atoms. The van der Waals surface area contributed by atoms with Crippen molar-refractivity contribution < 1.29 is 47.7 Å². The molecule has 236 valence electrons. The number of carbonyl (C=O) groups is 5. The molecule has 1 unspecified atom stereocenters. The van der Waals surface area contributed by atoms with Gasteiger partial charge >= 0.3 is 0 Å². The van der Waals surface area contributed by atoms with E-state index in [9.17, 15) is 24.0 Å². The predicted molar refractivity (Wildman–Crippen MR) is 155 cm³/mol. The average Bonchev–Trinajstić information content (AvgIpc) is 3.24. The first-order valence-corrected chi connectivity index (χ1v) is 14.6. The minimum absolute atomic E-state index is 0.0348. The number of rotatable bonds is 22. The van der Waals surface area contributed by atoms with Crippen molar-refractivity contribution in [2.75, 3.05) is 71.4 Å². The van der Waals surface area contributed by atoms with Crippen molar-refractivity contribution in [2.45, 2.75) is 44.6 Å². The van der Waals surface area contributed by atoms with Gasteiger partial charge in [0.1, 0.15) is 6.04 Å². The first-order chi connectivity index (χ1) is 20.9. The molecule has 0 saturated carbocycles. The van der Waals surface area contributed by atoms with Gasteiger partial charge in [-0.05, 0) is 31.4 Å². The molecule has 5 amide bonds. The highest BCUT2D eigenvalue weighted by molar-refractivity contribution is 6.26. The smallest absolute Gasteiger partial charge is 0.264 e. The Morgan fingerprint density at radius 2 is 1.49 bits per heavy atom. The van der Waals surface area contributed by atoms with Gasteiger partial charge in [-0.15, -0.1) is 6.58 Å². The van der Waals surface area contributed by atoms with Crippen LogP contribution < -0.4 is 10.6 Å². The molecule has 1 aromatic carbocycles. The Kier molecular flexibility index (Phi) is 15.0. The van der Waals surface area contributed by atoms with Crippen LogP contribution in [0.1, 0.15) is 59.2 Å². The van der Waals surface area contributed by atoms with Gasteiger partial charge in [0, 0.05) is 19.4 Å². The summed E-state index contributed by atoms with van der Waals surface area (Å²) in [6.07, 6.45) is 4.21. The topological polar surface area (TPSA) is 159 Å². The Hall–Kier alpha value is -3.49. The van der Waals surface area contributed by atoms with Crippen LogP contribution in [0.4, 0.5) is 5.69 Å². The number of hydrogen-bond acceptors (Lipinski definition) is 10. The van der Waals surface area contributed by atoms with Crippen molar-refractivity contribution in [1.29, 1.82) is 0 Å². The molecule has 0 aromatic heterocycles. The zero-order valence-corrected chi connectivity index (χ0v) is 24.4. The summed E-state index contributed by atoms with van der Waals surface area (Å²) in [4.78, 5) is 63.2. The highest BCUT2D eigenvalue weighted by Crippen LogP contribution is 2.32. The van der Waals surface area contributed by atoms with Crippen molar-refractivity contribution >= 4 is 35.2 Å². The summed E-state index contributed by atoms with van der Waals surface area (Å²) >= 11 is 0. The van der Waals surface area contributed by atoms with E-state index >= 15 is 0 Å². The first-order valence-electron chi connectivity index (χ1n) is 14.6. The van der Waals surface area contributed by atoms with Crippen LogP contribution in [0.15, 0.2) is 30.9 Å². The SMILES string of the molecule is C=CCOCCOCCOCCOCCOCCCCCC(=O)Nc1cccc2c1C(=O)N(C1CCC(=O)NC1=O)C2=O. The molecule has 2 N–H and O–H groups in total. The molecule has 1 saturated heterocycles. The molecular formula is C30H41N3O10. The number of imide groups is 2. The van der Waals surface area contributed by atoms with Crippen LogP contribution in [-0.4, -0.2) is 107 Å². The normalized spacial score (nSPS) is 16.4. The Labute approximate surface area is 251 Å². The maximum absolute atomic E-state index is 13.1. The lowest BCUT2D eigenvalue weighted by molar-refractivity contribution is -0.136. The second-order valence-electron chi connectivity index (χ2n) is 9.85. The molecule has 2 aliphatic rings. The van der Waals surface area contributed by atoms with E-state index in [4.69, 9.17) is 23.7 Å². The standard InChI is InChI=1S/C30H41N3O10/c1-2-12-39-14-16-41-18-20-43-21-19-42-17-15-40-13-5-3-4-9-25(34)31-23-8-6-7-22-27(23)30(38)33(29(22)37)24-10-11-26(35)32-28(24)36/h2,6-8,24H,1,3-5,9-21H2,(H,31,34)(H,32,35,36). The fourth-order valence-electron chi connectivity index (χ4n) is 4.54. The largest absolute Gasteiger partial charge is 0.379 e. The third-order valence-electron chi connectivity index (χ3n) is 6.66. The summed E-state index contributed by atoms with van der Waals surface area (Å²) < 4.78 is 27.0. The Bertz CT molecular complexity index is 1130. The Morgan fingerprint density at radius 1 is 0.860 bits per heavy atom. The number of unbranched alkanes of at least 4 members (excludes halogenated alkanes) is 2. The lowest BCUT2D eigenvalue weighted by atomic mass is 10.0. The van der Waals surface area contributed by atoms with Crippen LogP contribution in [0, 0.1) is 0 Å². The number of benzene rings is 1. The molecule has 0 aliphatic carbocycles. The van der Waals surface area contributed by atoms with Crippen LogP contribution in [0.2, 0.25) is 0 Å². The average molecular weight is 604 g/mol. The van der Waals surface area contributed by atoms with E-state index in [-0.39, 0.29) is 42.0 Å². The highest BCUT2D eigenvalue weighted by atomic mass is 16.6. The van der Waals surface area contributed by atoms with Crippen LogP contribution in [0.5, 0.6) is 0 Å². The number of carbonyl (C=O) groups excluding carboxylic acids is 5. The van der Waals surface area contributed by atoms with Gasteiger partial charge < -0.3 is 29.0 Å². The minimum atomic E-state index is -1.06. The van der Waals surface area contributed by atoms with E-state index in [1.54, 1.807) is 18.2 Å². The number of hydrogen-bond donors (Lipinski definition) is 2. The summed E-state index contributed by atoms with van der Waals surface area (Å²) in [6.45, 7) is 8.57. The van der Waals surface area contributed by atoms with Crippen LogP contribution in [-0.2, 0) is 38.1 Å². The van der Waals surface area contributed by atoms with Crippen LogP contribution >= 0.6 is 0 Å². The second-order valence-corrected chi connectivity index (χ2v) is 9.85. The van der Waals surface area contributed by atoms with Gasteiger partial charge in [-0.1, -0.05) is 18.6 Å². The number of piperidine rings is 1. The van der Waals surface area contributed by atoms with E-state index in [2.05, 4.69) is 17.2 Å². The van der Waals surface area contributed by atoms with Crippen molar-refractivity contribution in [3.8, 4) is 0 Å². The number of nitrogens with zero attached hydrogens (tertiary/aromatic N) is 1. The fraction of sp³-hybridized carbons (Fsp3) is 0.567. The van der Waals surface area contributed by atoms with Gasteiger partial charge in [-0.3, -0.25) is 34.2 Å². The minimum Gasteiger partial charge on any atom is -0.379 e. The zero-order valence-electron chi connectivity index (χ0n) is 24.4. The predicted octanol–water partition coefficient (Wildman–Crippen LogP) is 1.86. The van der Waals surface area contributed by atoms with Gasteiger partial charge in [0.05, 0.1) is 76.3 Å². The fourth-order valence-corrected chi connectivity index (χ4v) is 4.54. The lowest BCUT2D eigenvalue weighted by Crippen LogP contribution is -2.54. The number of amides is 5. The van der Waals surface area contributed by atoms with E-state index in [0.29, 0.717) is 72.5 Å². The molecule has 2 aliphatic heterocycles. The van der Waals surface area contributed by atoms with Gasteiger partial charge in [0.25, 0.3) is 11.8 Å². The molecule has 3 rings (SSSR count). The molecule has 0 spiro atoms. The molecule has 1 fully saturated rings. The van der Waals surface area contributed by atoms with Crippen molar-refractivity contribution in [3.63, 3.8) is 0 Å². The monoisotopic (exact) mass is 603 g/mol. The van der Waals surface area contributed by atoms with Crippen molar-refractivity contribution in [2.24, 2.45) is 0 Å². The molecular weight excluding hydrogens is 562 g/mol. The molecule has 1 atom stereocenters. The van der Waals surface area contributed by atoms with Gasteiger partial charge in [0.2, 0.25) is 17.7 Å². The Morgan fingerprint density at radius 3 is 2.12 bits per heavy atom. The molecule has 2 heterocycles. The van der Waals surface area contributed by atoms with Gasteiger partial charge in [0.15, 0.2) is 0 Å². The molecule has 13 nitrogen and oxygen atoms in total. The molecule has 0 bridgehead atoms. The highest BCUT2D eigenvalue weighted by Gasteiger charge is 2.45. The number of anilines is 1. The van der Waals surface area contributed by atoms with Crippen molar-refractivity contribution in [1.82, 2.24) is 10.2 Å². The van der Waals surface area contributed by atoms with E-state index in [1.165, 1.54) is 6.07 Å². The quantitative estimate of drug-likeness (QED) is 0.114. The number of nitrogens with one attached hydrogen (secondary N) is 2. The maximum Gasteiger partial charge on any atom is 0.264 e. The van der Waals surface area contributed by atoms with E-state index in [0.717, 1.165) is 17.7 Å². The van der Waals surface area contributed by atoms with E-state index in [1.807, 2.05) is 0 Å². The van der Waals surface area contributed by atoms with Crippen molar-refractivity contribution in [3.05, 3.63) is 42.0 Å². The van der Waals surface area contributed by atoms with Gasteiger partial charge in [-0.25, -0.2) is 0 Å². The first kappa shape index (κ1) is 34.0. The Balaban J connectivity index is 1.22.